The highest BCUT2D eigenvalue weighted by molar-refractivity contribution is 8.00. The molecule has 1 aliphatic heterocycles. The van der Waals surface area contributed by atoms with Gasteiger partial charge in [-0.2, -0.15) is 11.8 Å². The van der Waals surface area contributed by atoms with Gasteiger partial charge in [0.25, 0.3) is 0 Å². The van der Waals surface area contributed by atoms with Crippen LogP contribution in [0.25, 0.3) is 0 Å². The molecule has 0 saturated carbocycles. The van der Waals surface area contributed by atoms with E-state index in [1.165, 1.54) is 0 Å². The van der Waals surface area contributed by atoms with Gasteiger partial charge in [-0.1, -0.05) is 20.3 Å². The van der Waals surface area contributed by atoms with Gasteiger partial charge in [0, 0.05) is 11.7 Å². The Bertz CT molecular complexity index is 133. The zero-order valence-corrected chi connectivity index (χ0v) is 7.41. The van der Waals surface area contributed by atoms with Crippen molar-refractivity contribution in [3.8, 4) is 0 Å². The third-order valence-corrected chi connectivity index (χ3v) is 3.37. The van der Waals surface area contributed by atoms with Gasteiger partial charge in [-0.3, -0.25) is 4.79 Å². The highest BCUT2D eigenvalue weighted by Crippen LogP contribution is 2.28. The fourth-order valence-electron chi connectivity index (χ4n) is 1.25. The summed E-state index contributed by atoms with van der Waals surface area (Å²) in [4.78, 5) is 11.2. The van der Waals surface area contributed by atoms with Gasteiger partial charge in [0.15, 0.2) is 0 Å². The van der Waals surface area contributed by atoms with E-state index in [1.54, 1.807) is 11.8 Å². The lowest BCUT2D eigenvalue weighted by Crippen LogP contribution is -2.18. The van der Waals surface area contributed by atoms with Gasteiger partial charge in [-0.05, 0) is 5.92 Å². The van der Waals surface area contributed by atoms with E-state index in [2.05, 4.69) is 13.8 Å². The average molecular weight is 158 g/mol. The van der Waals surface area contributed by atoms with Crippen molar-refractivity contribution in [2.45, 2.75) is 20.3 Å². The van der Waals surface area contributed by atoms with E-state index in [-0.39, 0.29) is 0 Å². The molecule has 1 rings (SSSR count). The number of hydrogen-bond donors (Lipinski definition) is 0. The first kappa shape index (κ1) is 8.12. The molecule has 0 amide bonds. The van der Waals surface area contributed by atoms with Crippen LogP contribution >= 0.6 is 11.8 Å². The van der Waals surface area contributed by atoms with Crippen molar-refractivity contribution in [3.05, 3.63) is 0 Å². The largest absolute Gasteiger partial charge is 0.298 e. The van der Waals surface area contributed by atoms with Crippen LogP contribution < -0.4 is 0 Å². The van der Waals surface area contributed by atoms with Gasteiger partial charge in [0.05, 0.1) is 5.75 Å². The standard InChI is InChI=1S/C8H14OS/c1-3-6(2)7-4-10-5-8(7)9/h6-7H,3-5H2,1-2H3. The SMILES string of the molecule is CCC(C)C1CSCC1=O. The third kappa shape index (κ3) is 1.54. The molecule has 10 heavy (non-hydrogen) atoms. The molecule has 1 aliphatic rings. The monoisotopic (exact) mass is 158 g/mol. The molecule has 1 saturated heterocycles. The Morgan fingerprint density at radius 2 is 2.50 bits per heavy atom. The Morgan fingerprint density at radius 3 is 2.90 bits per heavy atom. The minimum atomic E-state index is 0.370. The van der Waals surface area contributed by atoms with Gasteiger partial charge in [-0.25, -0.2) is 0 Å². The fourth-order valence-corrected chi connectivity index (χ4v) is 2.55. The molecule has 1 nitrogen and oxygen atoms in total. The number of carbonyl (C=O) groups excluding carboxylic acids is 1. The summed E-state index contributed by atoms with van der Waals surface area (Å²) in [6.07, 6.45) is 1.14. The zero-order chi connectivity index (χ0) is 7.56. The number of carbonyl (C=O) groups is 1. The highest BCUT2D eigenvalue weighted by atomic mass is 32.2. The molecule has 58 valence electrons. The van der Waals surface area contributed by atoms with Crippen molar-refractivity contribution >= 4 is 17.5 Å². The molecule has 2 unspecified atom stereocenters. The Morgan fingerprint density at radius 1 is 1.80 bits per heavy atom. The second-order valence-electron chi connectivity index (χ2n) is 2.97. The highest BCUT2D eigenvalue weighted by Gasteiger charge is 2.28. The molecular weight excluding hydrogens is 144 g/mol. The van der Waals surface area contributed by atoms with Gasteiger partial charge < -0.3 is 0 Å². The molecule has 1 heterocycles. The van der Waals surface area contributed by atoms with Crippen molar-refractivity contribution in [1.29, 1.82) is 0 Å². The van der Waals surface area contributed by atoms with Crippen LogP contribution in [0.1, 0.15) is 20.3 Å². The molecule has 0 aliphatic carbocycles. The van der Waals surface area contributed by atoms with E-state index in [1.807, 2.05) is 0 Å². The van der Waals surface area contributed by atoms with Crippen molar-refractivity contribution < 1.29 is 4.79 Å². The summed E-state index contributed by atoms with van der Waals surface area (Å²) in [5.74, 6) is 3.26. The second-order valence-corrected chi connectivity index (χ2v) is 4.00. The molecule has 2 heteroatoms. The van der Waals surface area contributed by atoms with Crippen LogP contribution in [0.5, 0.6) is 0 Å². The first-order valence-electron chi connectivity index (χ1n) is 3.86. The Balaban J connectivity index is 2.46. The van der Waals surface area contributed by atoms with E-state index in [9.17, 15) is 4.79 Å². The van der Waals surface area contributed by atoms with Gasteiger partial charge >= 0.3 is 0 Å². The summed E-state index contributed by atoms with van der Waals surface area (Å²) in [7, 11) is 0. The third-order valence-electron chi connectivity index (χ3n) is 2.29. The van der Waals surface area contributed by atoms with Crippen LogP contribution in [0.2, 0.25) is 0 Å². The van der Waals surface area contributed by atoms with Gasteiger partial charge in [0.1, 0.15) is 5.78 Å². The Hall–Kier alpha value is 0.0200. The molecule has 0 bridgehead atoms. The van der Waals surface area contributed by atoms with Gasteiger partial charge in [0.2, 0.25) is 0 Å². The van der Waals surface area contributed by atoms with E-state index >= 15 is 0 Å². The van der Waals surface area contributed by atoms with Crippen LogP contribution in [0.15, 0.2) is 0 Å². The summed E-state index contributed by atoms with van der Waals surface area (Å²) >= 11 is 1.78. The summed E-state index contributed by atoms with van der Waals surface area (Å²) in [6, 6.07) is 0. The van der Waals surface area contributed by atoms with E-state index in [4.69, 9.17) is 0 Å². The normalized spacial score (nSPS) is 29.0. The number of hydrogen-bond acceptors (Lipinski definition) is 2. The molecular formula is C8H14OS. The van der Waals surface area contributed by atoms with Crippen LogP contribution in [-0.4, -0.2) is 17.3 Å². The van der Waals surface area contributed by atoms with Crippen LogP contribution in [0.4, 0.5) is 0 Å². The lowest BCUT2D eigenvalue weighted by Gasteiger charge is -2.13. The first-order valence-corrected chi connectivity index (χ1v) is 5.01. The Kier molecular flexibility index (Phi) is 2.78. The summed E-state index contributed by atoms with van der Waals surface area (Å²) in [6.45, 7) is 4.33. The van der Waals surface area contributed by atoms with Crippen molar-refractivity contribution in [2.24, 2.45) is 11.8 Å². The maximum Gasteiger partial charge on any atom is 0.146 e. The van der Waals surface area contributed by atoms with Crippen LogP contribution in [0.3, 0.4) is 0 Å². The lowest BCUT2D eigenvalue weighted by molar-refractivity contribution is -0.120. The molecule has 0 aromatic heterocycles. The molecule has 0 N–H and O–H groups in total. The topological polar surface area (TPSA) is 17.1 Å². The number of Topliss-reactive ketones (excluding diaryl/α,β-unsaturated/α-hetero) is 1. The second kappa shape index (κ2) is 3.42. The predicted molar refractivity (Wildman–Crippen MR) is 45.3 cm³/mol. The lowest BCUT2D eigenvalue weighted by atomic mass is 9.91. The van der Waals surface area contributed by atoms with Crippen molar-refractivity contribution in [2.75, 3.05) is 11.5 Å². The number of ketones is 1. The summed E-state index contributed by atoms with van der Waals surface area (Å²) in [5.41, 5.74) is 0. The van der Waals surface area contributed by atoms with E-state index < -0.39 is 0 Å². The first-order chi connectivity index (χ1) is 4.75. The Labute approximate surface area is 66.6 Å². The molecule has 0 aromatic carbocycles. The zero-order valence-electron chi connectivity index (χ0n) is 6.59. The van der Waals surface area contributed by atoms with Gasteiger partial charge in [-0.15, -0.1) is 0 Å². The minimum absolute atomic E-state index is 0.370. The van der Waals surface area contributed by atoms with Crippen molar-refractivity contribution in [3.63, 3.8) is 0 Å². The average Bonchev–Trinajstić information content (AvgIpc) is 2.34. The van der Waals surface area contributed by atoms with Crippen LogP contribution in [-0.2, 0) is 4.79 Å². The molecule has 1 fully saturated rings. The number of rotatable bonds is 2. The maximum atomic E-state index is 11.2. The summed E-state index contributed by atoms with van der Waals surface area (Å²) in [5, 5.41) is 0. The van der Waals surface area contributed by atoms with Crippen molar-refractivity contribution in [1.82, 2.24) is 0 Å². The fraction of sp³-hybridized carbons (Fsp3) is 0.875. The van der Waals surface area contributed by atoms with E-state index in [0.717, 1.165) is 17.9 Å². The molecule has 0 radical (unpaired) electrons. The maximum absolute atomic E-state index is 11.2. The molecule has 2 atom stereocenters. The summed E-state index contributed by atoms with van der Waals surface area (Å²) < 4.78 is 0. The molecule has 0 aromatic rings. The van der Waals surface area contributed by atoms with Crippen LogP contribution in [0, 0.1) is 11.8 Å². The smallest absolute Gasteiger partial charge is 0.146 e. The quantitative estimate of drug-likeness (QED) is 0.611. The predicted octanol–water partition coefficient (Wildman–Crippen LogP) is 1.96. The number of thioether (sulfide) groups is 1. The van der Waals surface area contributed by atoms with E-state index in [0.29, 0.717) is 17.6 Å². The molecule has 0 spiro atoms. The minimum Gasteiger partial charge on any atom is -0.298 e.